The first kappa shape index (κ1) is 40.4. The van der Waals surface area contributed by atoms with Crippen LogP contribution in [-0.2, 0) is 19.1 Å². The molecule has 4 amide bonds. The number of ether oxygens (including phenoxy) is 2. The van der Waals surface area contributed by atoms with Crippen molar-refractivity contribution in [2.45, 2.75) is 96.3 Å². The minimum atomic E-state index is -0.780. The Morgan fingerprint density at radius 2 is 1.21 bits per heavy atom. The first-order chi connectivity index (χ1) is 26.8. The maximum Gasteiger partial charge on any atom is 0.407 e. The summed E-state index contributed by atoms with van der Waals surface area (Å²) in [4.78, 5) is 71.9. The number of likely N-dealkylation sites (tertiary alicyclic amines) is 2. The fraction of sp³-hybridized carbons (Fsp3) is 0.590. The molecular formula is C39H53F2N9O6. The Morgan fingerprint density at radius 3 is 1.70 bits per heavy atom. The molecule has 0 spiro atoms. The van der Waals surface area contributed by atoms with Gasteiger partial charge in [-0.15, -0.1) is 0 Å². The third-order valence-electron chi connectivity index (χ3n) is 11.3. The fourth-order valence-electron chi connectivity index (χ4n) is 8.20. The Labute approximate surface area is 325 Å². The number of methoxy groups -OCH3 is 2. The molecular weight excluding hydrogens is 728 g/mol. The van der Waals surface area contributed by atoms with Gasteiger partial charge in [0, 0.05) is 49.6 Å². The Hall–Kier alpha value is -5.22. The lowest BCUT2D eigenvalue weighted by atomic mass is 9.93. The van der Waals surface area contributed by atoms with E-state index in [1.165, 1.54) is 32.5 Å². The lowest BCUT2D eigenvalue weighted by molar-refractivity contribution is -0.136. The molecule has 0 radical (unpaired) electrons. The minimum Gasteiger partial charge on any atom is -0.453 e. The summed E-state index contributed by atoms with van der Waals surface area (Å²) in [7, 11) is 2.51. The lowest BCUT2D eigenvalue weighted by Gasteiger charge is -2.33. The van der Waals surface area contributed by atoms with Crippen molar-refractivity contribution in [1.29, 1.82) is 0 Å². The molecule has 3 fully saturated rings. The molecule has 0 aliphatic carbocycles. The van der Waals surface area contributed by atoms with Gasteiger partial charge in [-0.25, -0.2) is 28.3 Å². The number of carbonyl (C=O) groups is 4. The summed E-state index contributed by atoms with van der Waals surface area (Å²) in [6, 6.07) is 0.457. The van der Waals surface area contributed by atoms with E-state index in [0.29, 0.717) is 68.3 Å². The molecule has 2 aromatic heterocycles. The van der Waals surface area contributed by atoms with Crippen molar-refractivity contribution >= 4 is 29.7 Å². The zero-order valence-electron chi connectivity index (χ0n) is 32.9. The molecule has 3 saturated heterocycles. The predicted octanol–water partition coefficient (Wildman–Crippen LogP) is 5.55. The molecule has 3 aromatic rings. The summed E-state index contributed by atoms with van der Waals surface area (Å²) in [5.41, 5.74) is 1.56. The number of rotatable bonds is 11. The molecule has 4 atom stereocenters. The zero-order valence-corrected chi connectivity index (χ0v) is 32.9. The van der Waals surface area contributed by atoms with Crippen LogP contribution in [0.4, 0.5) is 24.1 Å². The highest BCUT2D eigenvalue weighted by Crippen LogP contribution is 2.38. The van der Waals surface area contributed by atoms with Gasteiger partial charge in [0.25, 0.3) is 0 Å². The van der Waals surface area contributed by atoms with Crippen molar-refractivity contribution in [2.24, 2.45) is 11.8 Å². The molecule has 6 rings (SSSR count). The number of alkyl carbamates (subject to hydrolysis) is 2. The highest BCUT2D eigenvalue weighted by molar-refractivity contribution is 5.87. The average molecular weight is 782 g/mol. The molecule has 0 bridgehead atoms. The van der Waals surface area contributed by atoms with E-state index in [2.05, 4.69) is 30.6 Å². The summed E-state index contributed by atoms with van der Waals surface area (Å²) in [6.07, 6.45) is 6.18. The number of aromatic amines is 2. The Morgan fingerprint density at radius 1 is 0.732 bits per heavy atom. The SMILES string of the molecule is COC(=O)NC(C(=O)N1CCCC1c1ncc(-c2cc(F)c(N3CCC(c4cnc(C5CCCN5C(=O)C(NC(=O)OC)C(C)C)[nH]4)CC3)c(F)c2)[nH]1)C(C)C. The van der Waals surface area contributed by atoms with Gasteiger partial charge in [0.15, 0.2) is 0 Å². The number of carbonyl (C=O) groups excluding carboxylic acids is 4. The number of aromatic nitrogens is 4. The van der Waals surface area contributed by atoms with Crippen molar-refractivity contribution in [1.82, 2.24) is 40.4 Å². The van der Waals surface area contributed by atoms with Gasteiger partial charge < -0.3 is 44.8 Å². The second kappa shape index (κ2) is 17.3. The maximum atomic E-state index is 15.8. The lowest BCUT2D eigenvalue weighted by Crippen LogP contribution is -2.51. The Bertz CT molecular complexity index is 1870. The fourth-order valence-corrected chi connectivity index (χ4v) is 8.20. The van der Waals surface area contributed by atoms with Gasteiger partial charge in [0.05, 0.1) is 38.2 Å². The van der Waals surface area contributed by atoms with Crippen molar-refractivity contribution in [3.05, 3.63) is 53.5 Å². The molecule has 56 heavy (non-hydrogen) atoms. The van der Waals surface area contributed by atoms with Gasteiger partial charge in [0.2, 0.25) is 11.8 Å². The molecule has 15 nitrogen and oxygen atoms in total. The van der Waals surface area contributed by atoms with Crippen LogP contribution in [0.5, 0.6) is 0 Å². The second-order valence-corrected chi connectivity index (χ2v) is 15.6. The maximum absolute atomic E-state index is 15.8. The molecule has 0 saturated carbocycles. The molecule has 17 heteroatoms. The van der Waals surface area contributed by atoms with Crippen LogP contribution in [-0.4, -0.2) is 106 Å². The van der Waals surface area contributed by atoms with Gasteiger partial charge in [-0.2, -0.15) is 0 Å². The van der Waals surface area contributed by atoms with Crippen LogP contribution >= 0.6 is 0 Å². The minimum absolute atomic E-state index is 0.0805. The standard InChI is InChI=1S/C39H53F2N9O6/c1-21(2)31(46-38(53)55-5)36(51)49-13-7-9-29(49)34-42-19-27(44-34)23-11-15-48(16-12-23)33-25(40)17-24(18-26(33)41)28-20-43-35(45-28)30-10-8-14-50(30)37(52)32(22(3)4)47-39(54)56-6/h17-23,29-32H,7-16H2,1-6H3,(H,42,44)(H,43,45)(H,46,53)(H,47,54). The molecule has 3 aliphatic heterocycles. The van der Waals surface area contributed by atoms with Crippen LogP contribution in [0.25, 0.3) is 11.3 Å². The quantitative estimate of drug-likeness (QED) is 0.194. The monoisotopic (exact) mass is 781 g/mol. The Balaban J connectivity index is 1.09. The normalized spacial score (nSPS) is 20.1. The van der Waals surface area contributed by atoms with E-state index in [9.17, 15) is 19.2 Å². The van der Waals surface area contributed by atoms with E-state index in [1.807, 2.05) is 27.7 Å². The summed E-state index contributed by atoms with van der Waals surface area (Å²) >= 11 is 0. The summed E-state index contributed by atoms with van der Waals surface area (Å²) in [6.45, 7) is 9.32. The third kappa shape index (κ3) is 8.45. The van der Waals surface area contributed by atoms with Crippen molar-refractivity contribution < 1.29 is 37.4 Å². The Kier molecular flexibility index (Phi) is 12.5. The van der Waals surface area contributed by atoms with E-state index >= 15 is 8.78 Å². The van der Waals surface area contributed by atoms with E-state index in [-0.39, 0.29) is 47.3 Å². The van der Waals surface area contributed by atoms with E-state index in [0.717, 1.165) is 25.0 Å². The van der Waals surface area contributed by atoms with Crippen LogP contribution in [0.1, 0.15) is 102 Å². The van der Waals surface area contributed by atoms with Gasteiger partial charge in [-0.05, 0) is 62.5 Å². The highest BCUT2D eigenvalue weighted by Gasteiger charge is 2.39. The predicted molar refractivity (Wildman–Crippen MR) is 202 cm³/mol. The number of amides is 4. The summed E-state index contributed by atoms with van der Waals surface area (Å²) in [5.74, 6) is -0.839. The van der Waals surface area contributed by atoms with Crippen LogP contribution in [0, 0.1) is 23.5 Å². The first-order valence-electron chi connectivity index (χ1n) is 19.4. The number of H-pyrrole nitrogens is 2. The summed E-state index contributed by atoms with van der Waals surface area (Å²) < 4.78 is 41.0. The van der Waals surface area contributed by atoms with Gasteiger partial charge >= 0.3 is 12.2 Å². The molecule has 304 valence electrons. The van der Waals surface area contributed by atoms with E-state index in [1.54, 1.807) is 20.9 Å². The number of imidazole rings is 2. The average Bonchev–Trinajstić information content (AvgIpc) is 4.01. The van der Waals surface area contributed by atoms with Crippen LogP contribution in [0.3, 0.4) is 0 Å². The number of anilines is 1. The number of hydrogen-bond donors (Lipinski definition) is 4. The van der Waals surface area contributed by atoms with E-state index in [4.69, 9.17) is 9.47 Å². The molecule has 1 aromatic carbocycles. The molecule has 3 aliphatic rings. The van der Waals surface area contributed by atoms with Crippen LogP contribution in [0.15, 0.2) is 24.5 Å². The van der Waals surface area contributed by atoms with Gasteiger partial charge in [-0.1, -0.05) is 27.7 Å². The number of nitrogens with zero attached hydrogens (tertiary/aromatic N) is 5. The molecule has 5 heterocycles. The number of halogens is 2. The highest BCUT2D eigenvalue weighted by atomic mass is 19.1. The molecule has 4 N–H and O–H groups in total. The third-order valence-corrected chi connectivity index (χ3v) is 11.3. The number of benzene rings is 1. The number of hydrogen-bond acceptors (Lipinski definition) is 9. The van der Waals surface area contributed by atoms with E-state index < -0.39 is 35.9 Å². The van der Waals surface area contributed by atoms with Crippen LogP contribution < -0.4 is 15.5 Å². The van der Waals surface area contributed by atoms with Crippen molar-refractivity contribution in [2.75, 3.05) is 45.3 Å². The van der Waals surface area contributed by atoms with Crippen LogP contribution in [0.2, 0.25) is 0 Å². The molecule has 4 unspecified atom stereocenters. The first-order valence-corrected chi connectivity index (χ1v) is 19.4. The summed E-state index contributed by atoms with van der Waals surface area (Å²) in [5, 5.41) is 5.30. The van der Waals surface area contributed by atoms with Crippen molar-refractivity contribution in [3.8, 4) is 11.3 Å². The largest absolute Gasteiger partial charge is 0.453 e. The van der Waals surface area contributed by atoms with Gasteiger partial charge in [0.1, 0.15) is 41.1 Å². The van der Waals surface area contributed by atoms with Gasteiger partial charge in [-0.3, -0.25) is 9.59 Å². The second-order valence-electron chi connectivity index (χ2n) is 15.6. The number of nitrogens with one attached hydrogen (secondary N) is 4. The number of piperidine rings is 1. The van der Waals surface area contributed by atoms with Crippen molar-refractivity contribution in [3.63, 3.8) is 0 Å². The zero-order chi connectivity index (χ0) is 40.3. The smallest absolute Gasteiger partial charge is 0.407 e. The topological polar surface area (TPSA) is 178 Å².